The molecule has 1 aromatic carbocycles. The number of carbonyl (C=O) groups excluding carboxylic acids is 3. The fraction of sp³-hybridized carbons (Fsp3) is 0.588. The second kappa shape index (κ2) is 21.8. The van der Waals surface area contributed by atoms with Gasteiger partial charge in [-0.15, -0.1) is 0 Å². The second-order valence-electron chi connectivity index (χ2n) is 11.2. The maximum absolute atomic E-state index is 11.5. The monoisotopic (exact) mass is 630 g/mol. The van der Waals surface area contributed by atoms with E-state index in [4.69, 9.17) is 34.5 Å². The molecule has 2 fully saturated rings. The summed E-state index contributed by atoms with van der Waals surface area (Å²) in [5, 5.41) is 8.63. The number of methoxy groups -OCH3 is 1. The Morgan fingerprint density at radius 1 is 1.02 bits per heavy atom. The lowest BCUT2D eigenvalue weighted by atomic mass is 9.85. The van der Waals surface area contributed by atoms with Gasteiger partial charge in [-0.25, -0.2) is 9.78 Å². The normalized spacial score (nSPS) is 18.6. The van der Waals surface area contributed by atoms with Crippen LogP contribution < -0.4 is 15.2 Å². The molecule has 250 valence electrons. The average molecular weight is 631 g/mol. The molecule has 1 saturated carbocycles. The molecule has 2 aromatic rings. The van der Waals surface area contributed by atoms with Gasteiger partial charge in [0.15, 0.2) is 17.2 Å². The molecule has 2 heterocycles. The average Bonchev–Trinajstić information content (AvgIpc) is 3.53. The molecule has 4 rings (SSSR count). The number of aromatic nitrogens is 1. The van der Waals surface area contributed by atoms with Crippen LogP contribution in [0.3, 0.4) is 0 Å². The van der Waals surface area contributed by atoms with Crippen molar-refractivity contribution in [1.82, 2.24) is 4.98 Å². The molecule has 0 spiro atoms. The van der Waals surface area contributed by atoms with E-state index in [1.54, 1.807) is 31.2 Å². The number of ether oxygens (including phenoxy) is 5. The molecule has 1 aliphatic heterocycles. The molecular formula is C34H50N2O9. The Morgan fingerprint density at radius 3 is 2.33 bits per heavy atom. The number of carbonyl (C=O) groups is 3. The Morgan fingerprint density at radius 2 is 1.71 bits per heavy atom. The number of hydrogen-bond acceptors (Lipinski definition) is 10. The molecule has 2 atom stereocenters. The van der Waals surface area contributed by atoms with Gasteiger partial charge in [-0.2, -0.15) is 0 Å². The molecule has 0 bridgehead atoms. The van der Waals surface area contributed by atoms with Crippen LogP contribution in [-0.4, -0.2) is 61.2 Å². The standard InChI is InChI=1S/C16H28O2.C12H16N2O6.C6H6O/c1-13-11-15(12-14-7-5-6-8-14)9-3-2-4-10-16(17)18-13;1-3-18-6-9(15)19-7-20-11-8(17-2)4-5-14-10(11)12(13)16;7-6-4-2-1-3-5-6/h13-15H,2-12H2,1H3;4-5H,3,6-7H2,1-2H3,(H2,13,16);1-5,7H. The van der Waals surface area contributed by atoms with Crippen molar-refractivity contribution in [3.8, 4) is 17.2 Å². The van der Waals surface area contributed by atoms with Crippen LogP contribution in [0.1, 0.15) is 95.0 Å². The largest absolute Gasteiger partial charge is 0.508 e. The number of esters is 2. The fourth-order valence-electron chi connectivity index (χ4n) is 5.44. The number of cyclic esters (lactones) is 1. The molecule has 1 amide bonds. The predicted octanol–water partition coefficient (Wildman–Crippen LogP) is 5.97. The molecule has 1 saturated heterocycles. The van der Waals surface area contributed by atoms with Gasteiger partial charge < -0.3 is 34.5 Å². The number of phenolic OH excluding ortho intramolecular Hbond substituents is 1. The Bertz CT molecular complexity index is 1140. The minimum atomic E-state index is -0.778. The maximum atomic E-state index is 11.5. The minimum Gasteiger partial charge on any atom is -0.508 e. The summed E-state index contributed by atoms with van der Waals surface area (Å²) in [6.45, 7) is 3.64. The number of pyridine rings is 1. The topological polar surface area (TPSA) is 156 Å². The zero-order valence-electron chi connectivity index (χ0n) is 26.9. The lowest BCUT2D eigenvalue weighted by molar-refractivity contribution is -0.155. The maximum Gasteiger partial charge on any atom is 0.334 e. The van der Waals surface area contributed by atoms with Gasteiger partial charge in [-0.1, -0.05) is 63.1 Å². The van der Waals surface area contributed by atoms with Crippen LogP contribution in [-0.2, 0) is 23.8 Å². The van der Waals surface area contributed by atoms with Crippen LogP contribution in [0.4, 0.5) is 0 Å². The third kappa shape index (κ3) is 15.6. The summed E-state index contributed by atoms with van der Waals surface area (Å²) in [6, 6.07) is 10.2. The molecule has 45 heavy (non-hydrogen) atoms. The van der Waals surface area contributed by atoms with Crippen molar-refractivity contribution < 1.29 is 43.2 Å². The lowest BCUT2D eigenvalue weighted by Gasteiger charge is -2.25. The van der Waals surface area contributed by atoms with Gasteiger partial charge >= 0.3 is 11.9 Å². The van der Waals surface area contributed by atoms with E-state index in [-0.39, 0.29) is 35.9 Å². The number of amides is 1. The third-order valence-corrected chi connectivity index (χ3v) is 7.56. The van der Waals surface area contributed by atoms with Crippen molar-refractivity contribution in [2.45, 2.75) is 90.6 Å². The van der Waals surface area contributed by atoms with Crippen LogP contribution in [0, 0.1) is 11.8 Å². The van der Waals surface area contributed by atoms with E-state index < -0.39 is 18.7 Å². The summed E-state index contributed by atoms with van der Waals surface area (Å²) < 4.78 is 25.3. The number of primary amides is 1. The molecular weight excluding hydrogens is 580 g/mol. The Hall–Kier alpha value is -3.86. The first-order chi connectivity index (χ1) is 21.7. The highest BCUT2D eigenvalue weighted by Crippen LogP contribution is 2.34. The number of hydrogen-bond donors (Lipinski definition) is 2. The number of phenols is 1. The summed E-state index contributed by atoms with van der Waals surface area (Å²) in [5.74, 6) is 0.998. The van der Waals surface area contributed by atoms with Crippen molar-refractivity contribution in [3.05, 3.63) is 48.3 Å². The zero-order valence-corrected chi connectivity index (χ0v) is 26.9. The smallest absolute Gasteiger partial charge is 0.334 e. The summed E-state index contributed by atoms with van der Waals surface area (Å²) in [6.07, 6.45) is 15.2. The predicted molar refractivity (Wildman–Crippen MR) is 169 cm³/mol. The summed E-state index contributed by atoms with van der Waals surface area (Å²) in [5.41, 5.74) is 5.06. The number of nitrogens with two attached hydrogens (primary N) is 1. The summed E-state index contributed by atoms with van der Waals surface area (Å²) in [7, 11) is 1.40. The van der Waals surface area contributed by atoms with Crippen LogP contribution in [0.2, 0.25) is 0 Å². The van der Waals surface area contributed by atoms with Gasteiger partial charge in [0, 0.05) is 25.3 Å². The zero-order chi connectivity index (χ0) is 32.9. The van der Waals surface area contributed by atoms with Crippen molar-refractivity contribution >= 4 is 17.8 Å². The number of para-hydroxylation sites is 1. The van der Waals surface area contributed by atoms with E-state index in [2.05, 4.69) is 11.9 Å². The number of aromatic hydroxyl groups is 1. The molecule has 11 nitrogen and oxygen atoms in total. The molecule has 2 unspecified atom stereocenters. The summed E-state index contributed by atoms with van der Waals surface area (Å²) in [4.78, 5) is 37.8. The summed E-state index contributed by atoms with van der Waals surface area (Å²) >= 11 is 0. The van der Waals surface area contributed by atoms with Gasteiger partial charge in [0.05, 0.1) is 13.2 Å². The van der Waals surface area contributed by atoms with Crippen molar-refractivity contribution in [3.63, 3.8) is 0 Å². The van der Waals surface area contributed by atoms with E-state index in [9.17, 15) is 14.4 Å². The highest BCUT2D eigenvalue weighted by atomic mass is 16.7. The van der Waals surface area contributed by atoms with E-state index in [1.165, 1.54) is 70.7 Å². The van der Waals surface area contributed by atoms with Gasteiger partial charge in [-0.05, 0) is 57.1 Å². The van der Waals surface area contributed by atoms with Gasteiger partial charge in [0.2, 0.25) is 6.79 Å². The number of benzene rings is 1. The van der Waals surface area contributed by atoms with Gasteiger partial charge in [0.25, 0.3) is 5.91 Å². The quantitative estimate of drug-likeness (QED) is 0.237. The Labute approximate surface area is 266 Å². The van der Waals surface area contributed by atoms with E-state index in [1.807, 2.05) is 6.07 Å². The van der Waals surface area contributed by atoms with Gasteiger partial charge in [0.1, 0.15) is 12.4 Å². The molecule has 1 aromatic heterocycles. The van der Waals surface area contributed by atoms with E-state index >= 15 is 0 Å². The molecule has 1 aliphatic carbocycles. The SMILES string of the molecule is CC1CC(CC2CCCC2)CCCCCC(=O)O1.CCOCC(=O)OCOc1c(OC)ccnc1C(N)=O.Oc1ccccc1. The molecule has 3 N–H and O–H groups in total. The van der Waals surface area contributed by atoms with Gasteiger partial charge in [-0.3, -0.25) is 9.59 Å². The van der Waals surface area contributed by atoms with Crippen molar-refractivity contribution in [1.29, 1.82) is 0 Å². The van der Waals surface area contributed by atoms with E-state index in [0.717, 1.165) is 24.7 Å². The van der Waals surface area contributed by atoms with E-state index in [0.29, 0.717) is 18.8 Å². The highest BCUT2D eigenvalue weighted by Gasteiger charge is 2.23. The van der Waals surface area contributed by atoms with Crippen molar-refractivity contribution in [2.75, 3.05) is 27.1 Å². The first kappa shape index (κ1) is 37.3. The second-order valence-corrected chi connectivity index (χ2v) is 11.2. The molecule has 0 radical (unpaired) electrons. The first-order valence-corrected chi connectivity index (χ1v) is 15.9. The fourth-order valence-corrected chi connectivity index (χ4v) is 5.44. The highest BCUT2D eigenvalue weighted by molar-refractivity contribution is 5.94. The van der Waals surface area contributed by atoms with Crippen molar-refractivity contribution in [2.24, 2.45) is 17.6 Å². The Balaban J connectivity index is 0.000000259. The van der Waals surface area contributed by atoms with Crippen LogP contribution in [0.15, 0.2) is 42.6 Å². The lowest BCUT2D eigenvalue weighted by Crippen LogP contribution is -2.21. The minimum absolute atomic E-state index is 0.0176. The first-order valence-electron chi connectivity index (χ1n) is 15.9. The third-order valence-electron chi connectivity index (χ3n) is 7.56. The molecule has 11 heteroatoms. The number of nitrogens with zero attached hydrogens (tertiary/aromatic N) is 1. The van der Waals surface area contributed by atoms with Crippen LogP contribution in [0.25, 0.3) is 0 Å². The van der Waals surface area contributed by atoms with Crippen LogP contribution >= 0.6 is 0 Å². The molecule has 2 aliphatic rings. The van der Waals surface area contributed by atoms with Crippen LogP contribution in [0.5, 0.6) is 17.2 Å². The number of rotatable bonds is 10. The Kier molecular flexibility index (Phi) is 18.1.